The zero-order valence-electron chi connectivity index (χ0n) is 21.3. The van der Waals surface area contributed by atoms with Crippen molar-refractivity contribution >= 4 is 17.6 Å². The lowest BCUT2D eigenvalue weighted by atomic mass is 9.86. The molecule has 0 bridgehead atoms. The molecule has 0 fully saturated rings. The number of carbonyl (C=O) groups is 2. The first-order valence-electron chi connectivity index (χ1n) is 12.0. The number of rotatable bonds is 8. The monoisotopic (exact) mass is 498 g/mol. The molecular weight excluding hydrogens is 468 g/mol. The SMILES string of the molecule is CNc1ccc(-c2nc(-c3ccc(C[C@H](NC(=O)c4ccc(C(C)(C)C)cc4)C(=O)O)cc3)no2)cc1. The van der Waals surface area contributed by atoms with Gasteiger partial charge < -0.3 is 20.3 Å². The molecule has 1 amide bonds. The van der Waals surface area contributed by atoms with E-state index in [1.807, 2.05) is 43.4 Å². The third kappa shape index (κ3) is 6.22. The zero-order valence-corrected chi connectivity index (χ0v) is 21.3. The first-order valence-corrected chi connectivity index (χ1v) is 12.0. The Morgan fingerprint density at radius 2 is 1.54 bits per heavy atom. The first kappa shape index (κ1) is 25.6. The number of aliphatic carboxylic acids is 1. The summed E-state index contributed by atoms with van der Waals surface area (Å²) in [7, 11) is 1.85. The summed E-state index contributed by atoms with van der Waals surface area (Å²) in [6, 6.07) is 21.0. The van der Waals surface area contributed by atoms with E-state index < -0.39 is 17.9 Å². The fraction of sp³-hybridized carbons (Fsp3) is 0.241. The molecule has 0 saturated carbocycles. The van der Waals surface area contributed by atoms with Gasteiger partial charge in [0.15, 0.2) is 0 Å². The van der Waals surface area contributed by atoms with E-state index in [4.69, 9.17) is 4.52 Å². The van der Waals surface area contributed by atoms with E-state index in [2.05, 4.69) is 41.5 Å². The number of aromatic nitrogens is 2. The number of nitrogens with zero attached hydrogens (tertiary/aromatic N) is 2. The Morgan fingerprint density at radius 3 is 2.11 bits per heavy atom. The molecule has 190 valence electrons. The molecule has 0 aliphatic rings. The number of anilines is 1. The fourth-order valence-corrected chi connectivity index (χ4v) is 3.83. The van der Waals surface area contributed by atoms with Crippen LogP contribution in [-0.4, -0.2) is 40.2 Å². The van der Waals surface area contributed by atoms with Gasteiger partial charge in [-0.05, 0) is 52.9 Å². The zero-order chi connectivity index (χ0) is 26.6. The average Bonchev–Trinajstić information content (AvgIpc) is 3.38. The molecule has 4 rings (SSSR count). The Bertz CT molecular complexity index is 1370. The van der Waals surface area contributed by atoms with Gasteiger partial charge in [0.1, 0.15) is 6.04 Å². The quantitative estimate of drug-likeness (QED) is 0.307. The van der Waals surface area contributed by atoms with Crippen LogP contribution < -0.4 is 10.6 Å². The Balaban J connectivity index is 1.42. The third-order valence-electron chi connectivity index (χ3n) is 6.12. The molecule has 0 unspecified atom stereocenters. The maximum Gasteiger partial charge on any atom is 0.326 e. The fourth-order valence-electron chi connectivity index (χ4n) is 3.83. The smallest absolute Gasteiger partial charge is 0.326 e. The number of amides is 1. The molecule has 0 saturated heterocycles. The molecule has 0 aliphatic carbocycles. The van der Waals surface area contributed by atoms with Crippen molar-refractivity contribution in [1.29, 1.82) is 0 Å². The van der Waals surface area contributed by atoms with Crippen LogP contribution in [0.2, 0.25) is 0 Å². The minimum Gasteiger partial charge on any atom is -0.480 e. The summed E-state index contributed by atoms with van der Waals surface area (Å²) in [5, 5.41) is 19.5. The van der Waals surface area contributed by atoms with Crippen molar-refractivity contribution in [2.45, 2.75) is 38.6 Å². The number of hydrogen-bond acceptors (Lipinski definition) is 6. The summed E-state index contributed by atoms with van der Waals surface area (Å²) in [6.45, 7) is 6.28. The molecule has 8 heteroatoms. The lowest BCUT2D eigenvalue weighted by Crippen LogP contribution is -2.42. The Kier molecular flexibility index (Phi) is 7.38. The third-order valence-corrected chi connectivity index (χ3v) is 6.12. The first-order chi connectivity index (χ1) is 17.6. The minimum atomic E-state index is -1.10. The second-order valence-electron chi connectivity index (χ2n) is 9.84. The molecule has 0 spiro atoms. The van der Waals surface area contributed by atoms with Gasteiger partial charge in [-0.25, -0.2) is 4.79 Å². The van der Waals surface area contributed by atoms with E-state index in [1.165, 1.54) is 0 Å². The van der Waals surface area contributed by atoms with Crippen LogP contribution in [0.4, 0.5) is 5.69 Å². The maximum absolute atomic E-state index is 12.7. The van der Waals surface area contributed by atoms with Crippen LogP contribution in [0.3, 0.4) is 0 Å². The summed E-state index contributed by atoms with van der Waals surface area (Å²) < 4.78 is 5.41. The highest BCUT2D eigenvalue weighted by molar-refractivity contribution is 5.96. The lowest BCUT2D eigenvalue weighted by Gasteiger charge is -2.19. The van der Waals surface area contributed by atoms with Gasteiger partial charge in [0.05, 0.1) is 0 Å². The molecule has 8 nitrogen and oxygen atoms in total. The topological polar surface area (TPSA) is 117 Å². The van der Waals surface area contributed by atoms with Gasteiger partial charge in [-0.2, -0.15) is 4.98 Å². The molecule has 0 radical (unpaired) electrons. The largest absolute Gasteiger partial charge is 0.480 e. The van der Waals surface area contributed by atoms with Crippen LogP contribution in [0, 0.1) is 0 Å². The van der Waals surface area contributed by atoms with E-state index in [-0.39, 0.29) is 11.8 Å². The van der Waals surface area contributed by atoms with Gasteiger partial charge in [-0.1, -0.05) is 62.3 Å². The van der Waals surface area contributed by atoms with Crippen LogP contribution in [0.1, 0.15) is 42.3 Å². The predicted molar refractivity (Wildman–Crippen MR) is 142 cm³/mol. The van der Waals surface area contributed by atoms with Gasteiger partial charge in [0, 0.05) is 35.8 Å². The van der Waals surface area contributed by atoms with Gasteiger partial charge in [0.2, 0.25) is 5.82 Å². The van der Waals surface area contributed by atoms with Crippen LogP contribution in [0.25, 0.3) is 22.8 Å². The molecular formula is C29H30N4O4. The Morgan fingerprint density at radius 1 is 0.919 bits per heavy atom. The summed E-state index contributed by atoms with van der Waals surface area (Å²) in [4.78, 5) is 29.0. The van der Waals surface area contributed by atoms with Crippen molar-refractivity contribution in [3.63, 3.8) is 0 Å². The molecule has 1 aromatic heterocycles. The van der Waals surface area contributed by atoms with E-state index in [0.29, 0.717) is 17.3 Å². The molecule has 3 N–H and O–H groups in total. The van der Waals surface area contributed by atoms with Crippen molar-refractivity contribution in [3.8, 4) is 22.8 Å². The number of benzene rings is 3. The second kappa shape index (κ2) is 10.7. The Labute approximate surface area is 215 Å². The number of carbonyl (C=O) groups excluding carboxylic acids is 1. The van der Waals surface area contributed by atoms with Gasteiger partial charge in [0.25, 0.3) is 11.8 Å². The summed E-state index contributed by atoms with van der Waals surface area (Å²) in [5.74, 6) is -0.686. The predicted octanol–water partition coefficient (Wildman–Crippen LogP) is 5.17. The number of hydrogen-bond donors (Lipinski definition) is 3. The Hall–Kier alpha value is -4.46. The summed E-state index contributed by atoms with van der Waals surface area (Å²) in [5.41, 5.74) is 4.76. The van der Waals surface area contributed by atoms with Crippen molar-refractivity contribution in [2.24, 2.45) is 0 Å². The second-order valence-corrected chi connectivity index (χ2v) is 9.84. The van der Waals surface area contributed by atoms with Crippen LogP contribution in [0.5, 0.6) is 0 Å². The van der Waals surface area contributed by atoms with E-state index in [1.54, 1.807) is 36.4 Å². The standard InChI is InChI=1S/C29H30N4O4/c1-29(2,3)22-13-9-20(10-14-22)26(34)31-24(28(35)36)17-18-5-7-19(8-6-18)25-32-27(37-33-25)21-11-15-23(30-4)16-12-21/h5-16,24,30H,17H2,1-4H3,(H,31,34)(H,35,36)/t24-/m0/s1. The highest BCUT2D eigenvalue weighted by Crippen LogP contribution is 2.24. The highest BCUT2D eigenvalue weighted by atomic mass is 16.5. The number of nitrogens with one attached hydrogen (secondary N) is 2. The van der Waals surface area contributed by atoms with Crippen LogP contribution in [0.15, 0.2) is 77.3 Å². The number of carboxylic acids is 1. The summed E-state index contributed by atoms with van der Waals surface area (Å²) in [6.07, 6.45) is 0.136. The molecule has 0 aliphatic heterocycles. The molecule has 37 heavy (non-hydrogen) atoms. The van der Waals surface area contributed by atoms with Gasteiger partial charge in [-0.3, -0.25) is 4.79 Å². The van der Waals surface area contributed by atoms with E-state index in [9.17, 15) is 14.7 Å². The van der Waals surface area contributed by atoms with E-state index >= 15 is 0 Å². The van der Waals surface area contributed by atoms with Crippen molar-refractivity contribution in [1.82, 2.24) is 15.5 Å². The van der Waals surface area contributed by atoms with E-state index in [0.717, 1.165) is 27.9 Å². The maximum atomic E-state index is 12.7. The number of carboxylic acid groups (broad SMARTS) is 1. The normalized spacial score (nSPS) is 12.1. The lowest BCUT2D eigenvalue weighted by molar-refractivity contribution is -0.139. The van der Waals surface area contributed by atoms with Gasteiger partial charge >= 0.3 is 5.97 Å². The minimum absolute atomic E-state index is 0.0359. The van der Waals surface area contributed by atoms with Crippen molar-refractivity contribution in [3.05, 3.63) is 89.5 Å². The van der Waals surface area contributed by atoms with Crippen LogP contribution >= 0.6 is 0 Å². The van der Waals surface area contributed by atoms with Crippen molar-refractivity contribution in [2.75, 3.05) is 12.4 Å². The highest BCUT2D eigenvalue weighted by Gasteiger charge is 2.22. The van der Waals surface area contributed by atoms with Gasteiger partial charge in [-0.15, -0.1) is 0 Å². The van der Waals surface area contributed by atoms with Crippen LogP contribution in [-0.2, 0) is 16.6 Å². The van der Waals surface area contributed by atoms with Crippen molar-refractivity contribution < 1.29 is 19.2 Å². The average molecular weight is 499 g/mol. The molecule has 1 atom stereocenters. The molecule has 1 heterocycles. The molecule has 4 aromatic rings. The molecule has 3 aromatic carbocycles. The summed E-state index contributed by atoms with van der Waals surface area (Å²) >= 11 is 0.